The summed E-state index contributed by atoms with van der Waals surface area (Å²) >= 11 is 0. The second kappa shape index (κ2) is 4.69. The van der Waals surface area contributed by atoms with Crippen molar-refractivity contribution in [2.24, 2.45) is 5.92 Å². The van der Waals surface area contributed by atoms with Gasteiger partial charge in [0, 0.05) is 11.6 Å². The molecule has 1 aliphatic carbocycles. The molecule has 1 aromatic carbocycles. The van der Waals surface area contributed by atoms with Gasteiger partial charge in [-0.25, -0.2) is 0 Å². The Morgan fingerprint density at radius 2 is 2.29 bits per heavy atom. The Kier molecular flexibility index (Phi) is 2.80. The minimum atomic E-state index is 0.0560. The molecule has 1 saturated carbocycles. The van der Waals surface area contributed by atoms with E-state index < -0.39 is 0 Å². The van der Waals surface area contributed by atoms with Gasteiger partial charge < -0.3 is 9.84 Å². The number of hydrogen-bond donors (Lipinski definition) is 1. The Morgan fingerprint density at radius 1 is 1.43 bits per heavy atom. The summed E-state index contributed by atoms with van der Waals surface area (Å²) in [5, 5.41) is 6.97. The maximum atomic E-state index is 11.4. The normalized spacial score (nSPS) is 18.4. The van der Waals surface area contributed by atoms with Gasteiger partial charge in [-0.1, -0.05) is 24.2 Å². The number of hydrogen-bond acceptors (Lipinski definition) is 4. The van der Waals surface area contributed by atoms with Crippen LogP contribution in [0.1, 0.15) is 48.5 Å². The average molecular weight is 283 g/mol. The minimum Gasteiger partial charge on any atom is -0.339 e. The lowest BCUT2D eigenvalue weighted by atomic mass is 10.1. The second-order valence-corrected chi connectivity index (χ2v) is 6.07. The molecule has 2 aromatic rings. The van der Waals surface area contributed by atoms with Gasteiger partial charge in [-0.05, 0) is 36.0 Å². The van der Waals surface area contributed by atoms with Gasteiger partial charge in [-0.2, -0.15) is 4.98 Å². The molecule has 1 fully saturated rings. The second-order valence-electron chi connectivity index (χ2n) is 6.07. The van der Waals surface area contributed by atoms with Crippen LogP contribution in [0, 0.1) is 5.92 Å². The Morgan fingerprint density at radius 3 is 3.10 bits per heavy atom. The van der Waals surface area contributed by atoms with Gasteiger partial charge in [-0.15, -0.1) is 0 Å². The van der Waals surface area contributed by atoms with E-state index in [1.165, 1.54) is 12.8 Å². The Bertz CT molecular complexity index is 703. The summed E-state index contributed by atoms with van der Waals surface area (Å²) < 4.78 is 5.36. The molecule has 1 atom stereocenters. The lowest BCUT2D eigenvalue weighted by Gasteiger charge is -2.02. The molecule has 2 heterocycles. The highest BCUT2D eigenvalue weighted by atomic mass is 16.5. The van der Waals surface area contributed by atoms with Crippen LogP contribution in [-0.4, -0.2) is 16.0 Å². The summed E-state index contributed by atoms with van der Waals surface area (Å²) in [5.41, 5.74) is 3.03. The monoisotopic (exact) mass is 283 g/mol. The topological polar surface area (TPSA) is 68.0 Å². The number of nitrogens with zero attached hydrogens (tertiary/aromatic N) is 2. The third kappa shape index (κ3) is 2.44. The predicted molar refractivity (Wildman–Crippen MR) is 77.0 cm³/mol. The van der Waals surface area contributed by atoms with Crippen molar-refractivity contribution in [2.75, 3.05) is 5.32 Å². The van der Waals surface area contributed by atoms with Crippen molar-refractivity contribution < 1.29 is 9.32 Å². The molecule has 0 bridgehead atoms. The molecule has 5 heteroatoms. The molecule has 21 heavy (non-hydrogen) atoms. The minimum absolute atomic E-state index is 0.0560. The number of aromatic nitrogens is 2. The van der Waals surface area contributed by atoms with Crippen LogP contribution in [-0.2, 0) is 17.6 Å². The van der Waals surface area contributed by atoms with E-state index in [1.54, 1.807) is 0 Å². The van der Waals surface area contributed by atoms with E-state index in [1.807, 2.05) is 18.2 Å². The van der Waals surface area contributed by atoms with E-state index in [4.69, 9.17) is 4.52 Å². The Labute approximate surface area is 122 Å². The maximum absolute atomic E-state index is 11.4. The van der Waals surface area contributed by atoms with E-state index in [-0.39, 0.29) is 5.91 Å². The van der Waals surface area contributed by atoms with Gasteiger partial charge in [0.1, 0.15) is 0 Å². The molecule has 1 aromatic heterocycles. The molecule has 1 N–H and O–H groups in total. The zero-order valence-electron chi connectivity index (χ0n) is 11.9. The summed E-state index contributed by atoms with van der Waals surface area (Å²) in [6.07, 6.45) is 3.62. The highest BCUT2D eigenvalue weighted by molar-refractivity contribution is 5.99. The molecule has 1 amide bonds. The van der Waals surface area contributed by atoms with Crippen LogP contribution < -0.4 is 5.32 Å². The zero-order valence-corrected chi connectivity index (χ0v) is 11.9. The summed E-state index contributed by atoms with van der Waals surface area (Å²) in [5.74, 6) is 2.64. The van der Waals surface area contributed by atoms with Crippen LogP contribution in [0.4, 0.5) is 5.69 Å². The van der Waals surface area contributed by atoms with E-state index >= 15 is 0 Å². The fraction of sp³-hybridized carbons (Fsp3) is 0.438. The number of carbonyl (C=O) groups is 1. The predicted octanol–water partition coefficient (Wildman–Crippen LogP) is 2.67. The van der Waals surface area contributed by atoms with Gasteiger partial charge in [0.25, 0.3) is 0 Å². The summed E-state index contributed by atoms with van der Waals surface area (Å²) in [7, 11) is 0. The van der Waals surface area contributed by atoms with Gasteiger partial charge >= 0.3 is 0 Å². The largest absolute Gasteiger partial charge is 0.339 e. The van der Waals surface area contributed by atoms with E-state index in [0.717, 1.165) is 28.6 Å². The lowest BCUT2D eigenvalue weighted by molar-refractivity contribution is -0.115. The van der Waals surface area contributed by atoms with Crippen molar-refractivity contribution in [3.8, 4) is 0 Å². The van der Waals surface area contributed by atoms with Crippen LogP contribution in [0.25, 0.3) is 0 Å². The highest BCUT2D eigenvalue weighted by Crippen LogP contribution is 2.41. The molecular weight excluding hydrogens is 266 g/mol. The molecule has 2 aliphatic rings. The van der Waals surface area contributed by atoms with E-state index in [2.05, 4.69) is 22.4 Å². The number of amides is 1. The average Bonchev–Trinajstić information content (AvgIpc) is 3.10. The fourth-order valence-corrected chi connectivity index (χ4v) is 2.88. The van der Waals surface area contributed by atoms with Crippen molar-refractivity contribution in [1.29, 1.82) is 0 Å². The molecule has 0 spiro atoms. The lowest BCUT2D eigenvalue weighted by Crippen LogP contribution is -2.03. The SMILES string of the molecule is CC(c1noc(Cc2ccc3c(c2)NC(=O)C3)n1)C1CC1. The Hall–Kier alpha value is -2.17. The molecule has 1 unspecified atom stereocenters. The van der Waals surface area contributed by atoms with Crippen LogP contribution in [0.5, 0.6) is 0 Å². The van der Waals surface area contributed by atoms with Crippen LogP contribution in [0.15, 0.2) is 22.7 Å². The number of carbonyl (C=O) groups excluding carboxylic acids is 1. The van der Waals surface area contributed by atoms with Crippen molar-refractivity contribution in [3.05, 3.63) is 41.0 Å². The molecule has 1 aliphatic heterocycles. The zero-order chi connectivity index (χ0) is 14.4. The van der Waals surface area contributed by atoms with Crippen molar-refractivity contribution >= 4 is 11.6 Å². The quantitative estimate of drug-likeness (QED) is 0.936. The maximum Gasteiger partial charge on any atom is 0.231 e. The number of benzene rings is 1. The first kappa shape index (κ1) is 12.6. The third-order valence-corrected chi connectivity index (χ3v) is 4.37. The van der Waals surface area contributed by atoms with Crippen LogP contribution >= 0.6 is 0 Å². The number of rotatable bonds is 4. The summed E-state index contributed by atoms with van der Waals surface area (Å²) in [6.45, 7) is 2.16. The third-order valence-electron chi connectivity index (χ3n) is 4.37. The van der Waals surface area contributed by atoms with Crippen LogP contribution in [0.2, 0.25) is 0 Å². The molecule has 0 radical (unpaired) electrons. The molecule has 5 nitrogen and oxygen atoms in total. The standard InChI is InChI=1S/C16H17N3O2/c1-9(11-4-5-11)16-18-15(21-19-16)7-10-2-3-12-8-14(20)17-13(12)6-10/h2-3,6,9,11H,4-5,7-8H2,1H3,(H,17,20). The van der Waals surface area contributed by atoms with Crippen molar-refractivity contribution in [2.45, 2.75) is 38.5 Å². The van der Waals surface area contributed by atoms with Gasteiger partial charge in [0.15, 0.2) is 5.82 Å². The first-order chi connectivity index (χ1) is 10.2. The van der Waals surface area contributed by atoms with Crippen LogP contribution in [0.3, 0.4) is 0 Å². The van der Waals surface area contributed by atoms with E-state index in [0.29, 0.717) is 24.7 Å². The molecule has 0 saturated heterocycles. The first-order valence-electron chi connectivity index (χ1n) is 7.43. The smallest absolute Gasteiger partial charge is 0.231 e. The van der Waals surface area contributed by atoms with E-state index in [9.17, 15) is 4.79 Å². The number of nitrogens with one attached hydrogen (secondary N) is 1. The van der Waals surface area contributed by atoms with Crippen molar-refractivity contribution in [3.63, 3.8) is 0 Å². The summed E-state index contributed by atoms with van der Waals surface area (Å²) in [6, 6.07) is 6.01. The first-order valence-corrected chi connectivity index (χ1v) is 7.43. The fourth-order valence-electron chi connectivity index (χ4n) is 2.88. The van der Waals surface area contributed by atoms with Gasteiger partial charge in [-0.3, -0.25) is 4.79 Å². The number of fused-ring (bicyclic) bond motifs is 1. The van der Waals surface area contributed by atoms with Gasteiger partial charge in [0.05, 0.1) is 12.8 Å². The molecule has 4 rings (SSSR count). The van der Waals surface area contributed by atoms with Crippen molar-refractivity contribution in [1.82, 2.24) is 10.1 Å². The highest BCUT2D eigenvalue weighted by Gasteiger charge is 2.32. The molecule has 108 valence electrons. The van der Waals surface area contributed by atoms with Gasteiger partial charge in [0.2, 0.25) is 11.8 Å². The number of anilines is 1. The summed E-state index contributed by atoms with van der Waals surface area (Å²) in [4.78, 5) is 15.9. The molecular formula is C16H17N3O2. The Balaban J connectivity index is 1.51.